The number of rotatable bonds is 7. The lowest BCUT2D eigenvalue weighted by molar-refractivity contribution is -0.124. The van der Waals surface area contributed by atoms with E-state index in [2.05, 4.69) is 0 Å². The lowest BCUT2D eigenvalue weighted by atomic mass is 10.1. The van der Waals surface area contributed by atoms with E-state index in [1.165, 1.54) is 0 Å². The van der Waals surface area contributed by atoms with Gasteiger partial charge in [0.15, 0.2) is 11.5 Å². The van der Waals surface area contributed by atoms with Gasteiger partial charge in [-0.25, -0.2) is 0 Å². The molecule has 5 nitrogen and oxygen atoms in total. The van der Waals surface area contributed by atoms with Crippen molar-refractivity contribution in [3.8, 4) is 17.2 Å². The van der Waals surface area contributed by atoms with Crippen LogP contribution in [0.1, 0.15) is 18.4 Å². The molecule has 0 bridgehead atoms. The molecule has 1 aromatic carbocycles. The quantitative estimate of drug-likeness (QED) is 0.562. The number of ether oxygens (including phenoxy) is 3. The second-order valence-electron chi connectivity index (χ2n) is 5.59. The van der Waals surface area contributed by atoms with Gasteiger partial charge in [0.05, 0.1) is 21.3 Å². The predicted octanol–water partition coefficient (Wildman–Crippen LogP) is 3.46. The van der Waals surface area contributed by atoms with E-state index in [-0.39, 0.29) is 5.91 Å². The Kier molecular flexibility index (Phi) is 7.14. The van der Waals surface area contributed by atoms with Crippen molar-refractivity contribution < 1.29 is 19.0 Å². The van der Waals surface area contributed by atoms with Crippen molar-refractivity contribution in [2.45, 2.75) is 12.8 Å². The highest BCUT2D eigenvalue weighted by Crippen LogP contribution is 2.38. The number of likely N-dealkylation sites (tertiary alicyclic amines) is 1. The Morgan fingerprint density at radius 1 is 0.920 bits per heavy atom. The lowest BCUT2D eigenvalue weighted by Gasteiger charge is -2.12. The van der Waals surface area contributed by atoms with Crippen molar-refractivity contribution in [1.29, 1.82) is 0 Å². The Labute approximate surface area is 149 Å². The molecule has 0 N–H and O–H groups in total. The normalized spacial score (nSPS) is 14.8. The van der Waals surface area contributed by atoms with Crippen molar-refractivity contribution in [1.82, 2.24) is 4.90 Å². The number of allylic oxidation sites excluding steroid dienone is 4. The predicted molar refractivity (Wildman–Crippen MR) is 99.2 cm³/mol. The summed E-state index contributed by atoms with van der Waals surface area (Å²) in [6.45, 7) is 1.74. The molecule has 2 rings (SSSR count). The van der Waals surface area contributed by atoms with Crippen LogP contribution in [0.25, 0.3) is 6.08 Å². The monoisotopic (exact) mass is 343 g/mol. The molecule has 0 aliphatic carbocycles. The average molecular weight is 343 g/mol. The summed E-state index contributed by atoms with van der Waals surface area (Å²) in [6.07, 6.45) is 13.1. The zero-order chi connectivity index (χ0) is 18.1. The number of methoxy groups -OCH3 is 3. The van der Waals surface area contributed by atoms with Gasteiger partial charge in [0.2, 0.25) is 11.7 Å². The zero-order valence-electron chi connectivity index (χ0n) is 15.0. The number of hydrogen-bond acceptors (Lipinski definition) is 4. The molecule has 1 aromatic rings. The van der Waals surface area contributed by atoms with Crippen LogP contribution < -0.4 is 14.2 Å². The molecule has 1 aliphatic heterocycles. The maximum Gasteiger partial charge on any atom is 0.246 e. The second-order valence-corrected chi connectivity index (χ2v) is 5.59. The van der Waals surface area contributed by atoms with Crippen LogP contribution in [0, 0.1) is 0 Å². The van der Waals surface area contributed by atoms with Gasteiger partial charge >= 0.3 is 0 Å². The standard InChI is InChI=1S/C20H25NO4/c1-23-17-14-16(15-18(24-2)20(17)25-3)10-6-4-5-7-11-19(22)21-12-8-9-13-21/h4-7,10-11,14-15H,8-9,12-13H2,1-3H3/b5-4+,10-6+,11-7+. The van der Waals surface area contributed by atoms with Crippen LogP contribution in [0.2, 0.25) is 0 Å². The molecule has 1 saturated heterocycles. The van der Waals surface area contributed by atoms with E-state index < -0.39 is 0 Å². The van der Waals surface area contributed by atoms with Crippen molar-refractivity contribution >= 4 is 12.0 Å². The zero-order valence-corrected chi connectivity index (χ0v) is 15.0. The van der Waals surface area contributed by atoms with Crippen molar-refractivity contribution in [3.05, 3.63) is 48.1 Å². The third-order valence-electron chi connectivity index (χ3n) is 3.97. The van der Waals surface area contributed by atoms with E-state index in [9.17, 15) is 4.79 Å². The van der Waals surface area contributed by atoms with E-state index in [1.54, 1.807) is 33.5 Å². The fourth-order valence-electron chi connectivity index (χ4n) is 2.67. The molecule has 1 amide bonds. The first-order chi connectivity index (χ1) is 12.2. The molecule has 0 spiro atoms. The van der Waals surface area contributed by atoms with Crippen LogP contribution in [0.4, 0.5) is 0 Å². The minimum Gasteiger partial charge on any atom is -0.493 e. The van der Waals surface area contributed by atoms with E-state index in [0.717, 1.165) is 31.5 Å². The van der Waals surface area contributed by atoms with Gasteiger partial charge in [-0.05, 0) is 30.5 Å². The Bertz CT molecular complexity index is 645. The molecule has 1 fully saturated rings. The van der Waals surface area contributed by atoms with Crippen LogP contribution in [0.15, 0.2) is 42.5 Å². The number of carbonyl (C=O) groups excluding carboxylic acids is 1. The first-order valence-corrected chi connectivity index (χ1v) is 8.30. The van der Waals surface area contributed by atoms with Crippen LogP contribution >= 0.6 is 0 Å². The van der Waals surface area contributed by atoms with Gasteiger partial charge in [-0.2, -0.15) is 0 Å². The fraction of sp³-hybridized carbons (Fsp3) is 0.350. The summed E-state index contributed by atoms with van der Waals surface area (Å²) in [5, 5.41) is 0. The average Bonchev–Trinajstić information content (AvgIpc) is 3.18. The first kappa shape index (κ1) is 18.6. The summed E-state index contributed by atoms with van der Waals surface area (Å²) in [7, 11) is 4.76. The summed E-state index contributed by atoms with van der Waals surface area (Å²) >= 11 is 0. The third-order valence-corrected chi connectivity index (χ3v) is 3.97. The molecular weight excluding hydrogens is 318 g/mol. The molecular formula is C20H25NO4. The number of amides is 1. The van der Waals surface area contributed by atoms with Crippen LogP contribution in [-0.4, -0.2) is 45.2 Å². The summed E-state index contributed by atoms with van der Waals surface area (Å²) in [6, 6.07) is 3.75. The van der Waals surface area contributed by atoms with Gasteiger partial charge < -0.3 is 19.1 Å². The van der Waals surface area contributed by atoms with E-state index in [4.69, 9.17) is 14.2 Å². The molecule has 1 aliphatic rings. The summed E-state index contributed by atoms with van der Waals surface area (Å²) < 4.78 is 16.0. The second kappa shape index (κ2) is 9.57. The van der Waals surface area contributed by atoms with E-state index in [1.807, 2.05) is 41.3 Å². The van der Waals surface area contributed by atoms with Gasteiger partial charge in [-0.3, -0.25) is 4.79 Å². The number of carbonyl (C=O) groups is 1. The summed E-state index contributed by atoms with van der Waals surface area (Å²) in [5.41, 5.74) is 0.927. The maximum absolute atomic E-state index is 11.8. The van der Waals surface area contributed by atoms with Gasteiger partial charge in [0.25, 0.3) is 0 Å². The fourth-order valence-corrected chi connectivity index (χ4v) is 2.67. The van der Waals surface area contributed by atoms with Crippen molar-refractivity contribution in [2.75, 3.05) is 34.4 Å². The van der Waals surface area contributed by atoms with Gasteiger partial charge in [0, 0.05) is 19.2 Å². The van der Waals surface area contributed by atoms with Gasteiger partial charge in [-0.1, -0.05) is 30.4 Å². The molecule has 0 atom stereocenters. The molecule has 0 unspecified atom stereocenters. The Morgan fingerprint density at radius 2 is 1.52 bits per heavy atom. The molecule has 1 heterocycles. The van der Waals surface area contributed by atoms with Crippen LogP contribution in [0.5, 0.6) is 17.2 Å². The third kappa shape index (κ3) is 5.14. The van der Waals surface area contributed by atoms with Gasteiger partial charge in [0.1, 0.15) is 0 Å². The molecule has 134 valence electrons. The Hall–Kier alpha value is -2.69. The Morgan fingerprint density at radius 3 is 2.08 bits per heavy atom. The Balaban J connectivity index is 1.98. The highest BCUT2D eigenvalue weighted by atomic mass is 16.5. The van der Waals surface area contributed by atoms with Gasteiger partial charge in [-0.15, -0.1) is 0 Å². The number of hydrogen-bond donors (Lipinski definition) is 0. The van der Waals surface area contributed by atoms with Crippen LogP contribution in [0.3, 0.4) is 0 Å². The molecule has 0 radical (unpaired) electrons. The van der Waals surface area contributed by atoms with E-state index >= 15 is 0 Å². The topological polar surface area (TPSA) is 48.0 Å². The van der Waals surface area contributed by atoms with Crippen LogP contribution in [-0.2, 0) is 4.79 Å². The minimum atomic E-state index is 0.0794. The van der Waals surface area contributed by atoms with Crippen molar-refractivity contribution in [2.24, 2.45) is 0 Å². The highest BCUT2D eigenvalue weighted by molar-refractivity contribution is 5.88. The summed E-state index contributed by atoms with van der Waals surface area (Å²) in [4.78, 5) is 13.7. The SMILES string of the molecule is COc1cc(/C=C/C=C/C=C/C(=O)N2CCCC2)cc(OC)c1OC. The van der Waals surface area contributed by atoms with Crippen molar-refractivity contribution in [3.63, 3.8) is 0 Å². The lowest BCUT2D eigenvalue weighted by Crippen LogP contribution is -2.25. The molecule has 0 aromatic heterocycles. The number of benzene rings is 1. The largest absolute Gasteiger partial charge is 0.493 e. The number of nitrogens with zero attached hydrogens (tertiary/aromatic N) is 1. The molecule has 5 heteroatoms. The highest BCUT2D eigenvalue weighted by Gasteiger charge is 2.14. The minimum absolute atomic E-state index is 0.0794. The molecule has 25 heavy (non-hydrogen) atoms. The first-order valence-electron chi connectivity index (χ1n) is 8.30. The smallest absolute Gasteiger partial charge is 0.246 e. The van der Waals surface area contributed by atoms with E-state index in [0.29, 0.717) is 17.2 Å². The summed E-state index contributed by atoms with van der Waals surface area (Å²) in [5.74, 6) is 1.87. The maximum atomic E-state index is 11.8. The molecule has 0 saturated carbocycles.